The van der Waals surface area contributed by atoms with E-state index in [0.29, 0.717) is 6.42 Å². The van der Waals surface area contributed by atoms with Crippen LogP contribution in [0.4, 0.5) is 4.39 Å². The van der Waals surface area contributed by atoms with Gasteiger partial charge in [0.15, 0.2) is 0 Å². The summed E-state index contributed by atoms with van der Waals surface area (Å²) in [7, 11) is 0. The molecule has 0 saturated heterocycles. The molecule has 1 aliphatic heterocycles. The Morgan fingerprint density at radius 1 is 0.889 bits per heavy atom. The number of benzene rings is 1. The lowest BCUT2D eigenvalue weighted by molar-refractivity contribution is 0.628. The van der Waals surface area contributed by atoms with Crippen molar-refractivity contribution >= 4 is 23.1 Å². The predicted molar refractivity (Wildman–Crippen MR) is 106 cm³/mol. The Bertz CT molecular complexity index is 1110. The highest BCUT2D eigenvalue weighted by molar-refractivity contribution is 6.16. The van der Waals surface area contributed by atoms with Crippen LogP contribution in [0.5, 0.6) is 0 Å². The van der Waals surface area contributed by atoms with Gasteiger partial charge in [0.2, 0.25) is 0 Å². The first-order valence-electron chi connectivity index (χ1n) is 8.91. The maximum Gasteiger partial charge on any atom is 0.123 e. The highest BCUT2D eigenvalue weighted by atomic mass is 19.1. The highest BCUT2D eigenvalue weighted by Crippen LogP contribution is 2.37. The van der Waals surface area contributed by atoms with E-state index in [0.717, 1.165) is 45.8 Å². The third-order valence-electron chi connectivity index (χ3n) is 4.97. The minimum Gasteiger partial charge on any atom is -0.265 e. The van der Waals surface area contributed by atoms with Gasteiger partial charge in [-0.1, -0.05) is 24.3 Å². The summed E-state index contributed by atoms with van der Waals surface area (Å²) in [5.74, 6) is -0.241. The fourth-order valence-corrected chi connectivity index (χ4v) is 3.58. The van der Waals surface area contributed by atoms with Gasteiger partial charge in [0.1, 0.15) is 5.82 Å². The molecule has 0 spiro atoms. The van der Waals surface area contributed by atoms with Crippen molar-refractivity contribution in [3.05, 3.63) is 101 Å². The van der Waals surface area contributed by atoms with Crippen molar-refractivity contribution in [2.24, 2.45) is 4.99 Å². The molecular weight excluding hydrogens is 337 g/mol. The van der Waals surface area contributed by atoms with Crippen LogP contribution in [0.15, 0.2) is 72.1 Å². The fraction of sp³-hybridized carbons (Fsp3) is 0.0870. The van der Waals surface area contributed by atoms with Crippen LogP contribution >= 0.6 is 0 Å². The van der Waals surface area contributed by atoms with Gasteiger partial charge >= 0.3 is 0 Å². The zero-order chi connectivity index (χ0) is 18.2. The van der Waals surface area contributed by atoms with Crippen molar-refractivity contribution in [3.8, 4) is 0 Å². The average molecular weight is 353 g/mol. The van der Waals surface area contributed by atoms with Gasteiger partial charge < -0.3 is 0 Å². The van der Waals surface area contributed by atoms with Crippen LogP contribution < -0.4 is 0 Å². The van der Waals surface area contributed by atoms with Crippen molar-refractivity contribution in [2.45, 2.75) is 12.8 Å². The summed E-state index contributed by atoms with van der Waals surface area (Å²) < 4.78 is 13.3. The number of fused-ring (bicyclic) bond motifs is 1. The number of hydrogen-bond donors (Lipinski definition) is 0. The van der Waals surface area contributed by atoms with Crippen LogP contribution in [-0.2, 0) is 6.42 Å². The Morgan fingerprint density at radius 3 is 2.52 bits per heavy atom. The van der Waals surface area contributed by atoms with Crippen molar-refractivity contribution in [3.63, 3.8) is 0 Å². The summed E-state index contributed by atoms with van der Waals surface area (Å²) >= 11 is 0. The lowest BCUT2D eigenvalue weighted by Gasteiger charge is -2.08. The molecular formula is C23H16FN3. The molecule has 0 amide bonds. The summed E-state index contributed by atoms with van der Waals surface area (Å²) in [5.41, 5.74) is 8.32. The molecule has 2 aliphatic rings. The van der Waals surface area contributed by atoms with Crippen LogP contribution in [0.3, 0.4) is 0 Å². The molecule has 130 valence electrons. The van der Waals surface area contributed by atoms with Crippen molar-refractivity contribution in [2.75, 3.05) is 0 Å². The lowest BCUT2D eigenvalue weighted by Crippen LogP contribution is -1.99. The minimum atomic E-state index is -0.241. The van der Waals surface area contributed by atoms with Gasteiger partial charge in [0.05, 0.1) is 17.1 Å². The monoisotopic (exact) mass is 353 g/mol. The van der Waals surface area contributed by atoms with Crippen LogP contribution in [-0.4, -0.2) is 15.7 Å². The maximum absolute atomic E-state index is 13.3. The molecule has 1 aliphatic carbocycles. The van der Waals surface area contributed by atoms with Gasteiger partial charge in [0, 0.05) is 37.0 Å². The third-order valence-corrected chi connectivity index (χ3v) is 4.97. The van der Waals surface area contributed by atoms with Crippen LogP contribution in [0.2, 0.25) is 0 Å². The second-order valence-electron chi connectivity index (χ2n) is 6.67. The summed E-state index contributed by atoms with van der Waals surface area (Å²) in [6, 6.07) is 12.6. The summed E-state index contributed by atoms with van der Waals surface area (Å²) in [5, 5.41) is 0. The maximum atomic E-state index is 13.3. The SMILES string of the molecule is Fc1ccc(C2=NC(c3ccncc3)=C(c3cnc4c(c3)C=CC4)C2)cc1. The van der Waals surface area contributed by atoms with Gasteiger partial charge in [0.25, 0.3) is 0 Å². The fourth-order valence-electron chi connectivity index (χ4n) is 3.58. The topological polar surface area (TPSA) is 38.1 Å². The van der Waals surface area contributed by atoms with Gasteiger partial charge in [-0.05, 0) is 52.6 Å². The Balaban J connectivity index is 1.61. The normalized spacial score (nSPS) is 15.2. The van der Waals surface area contributed by atoms with E-state index in [4.69, 9.17) is 4.99 Å². The van der Waals surface area contributed by atoms with Gasteiger partial charge in [-0.2, -0.15) is 0 Å². The summed E-state index contributed by atoms with van der Waals surface area (Å²) in [6.45, 7) is 0. The molecule has 0 bridgehead atoms. The Labute approximate surface area is 156 Å². The molecule has 0 unspecified atom stereocenters. The molecule has 4 heteroatoms. The number of rotatable bonds is 3. The number of allylic oxidation sites excluding steroid dienone is 2. The van der Waals surface area contributed by atoms with E-state index >= 15 is 0 Å². The van der Waals surface area contributed by atoms with Gasteiger partial charge in [-0.25, -0.2) is 4.39 Å². The van der Waals surface area contributed by atoms with Gasteiger partial charge in [-0.15, -0.1) is 0 Å². The second-order valence-corrected chi connectivity index (χ2v) is 6.67. The number of hydrogen-bond acceptors (Lipinski definition) is 3. The van der Waals surface area contributed by atoms with E-state index in [2.05, 4.69) is 28.2 Å². The molecule has 0 N–H and O–H groups in total. The number of nitrogens with zero attached hydrogens (tertiary/aromatic N) is 3. The molecule has 5 rings (SSSR count). The molecule has 27 heavy (non-hydrogen) atoms. The molecule has 3 nitrogen and oxygen atoms in total. The van der Waals surface area contributed by atoms with E-state index < -0.39 is 0 Å². The molecule has 1 aromatic carbocycles. The second kappa shape index (κ2) is 6.40. The Hall–Kier alpha value is -3.40. The first kappa shape index (κ1) is 15.8. The van der Waals surface area contributed by atoms with E-state index in [1.165, 1.54) is 17.7 Å². The lowest BCUT2D eigenvalue weighted by atomic mass is 9.96. The molecule has 3 aromatic rings. The molecule has 3 heterocycles. The summed E-state index contributed by atoms with van der Waals surface area (Å²) in [4.78, 5) is 13.7. The molecule has 0 fully saturated rings. The quantitative estimate of drug-likeness (QED) is 0.668. The van der Waals surface area contributed by atoms with Gasteiger partial charge in [-0.3, -0.25) is 15.0 Å². The predicted octanol–water partition coefficient (Wildman–Crippen LogP) is 4.95. The molecule has 0 saturated carbocycles. The molecule has 0 radical (unpaired) electrons. The molecule has 2 aromatic heterocycles. The number of aliphatic imine (C=N–C) groups is 1. The zero-order valence-electron chi connectivity index (χ0n) is 14.6. The van der Waals surface area contributed by atoms with E-state index in [-0.39, 0.29) is 5.82 Å². The van der Waals surface area contributed by atoms with Crippen molar-refractivity contribution in [1.29, 1.82) is 0 Å². The number of pyridine rings is 2. The average Bonchev–Trinajstić information content (AvgIpc) is 3.36. The first-order valence-corrected chi connectivity index (χ1v) is 8.91. The van der Waals surface area contributed by atoms with Crippen LogP contribution in [0.25, 0.3) is 17.3 Å². The third kappa shape index (κ3) is 2.89. The van der Waals surface area contributed by atoms with Crippen molar-refractivity contribution in [1.82, 2.24) is 9.97 Å². The van der Waals surface area contributed by atoms with Crippen LogP contribution in [0, 0.1) is 5.82 Å². The number of halogens is 1. The Kier molecular flexibility index (Phi) is 3.75. The van der Waals surface area contributed by atoms with E-state index in [1.54, 1.807) is 24.5 Å². The van der Waals surface area contributed by atoms with Crippen LogP contribution in [0.1, 0.15) is 34.4 Å². The minimum absolute atomic E-state index is 0.241. The largest absolute Gasteiger partial charge is 0.265 e. The molecule has 0 atom stereocenters. The van der Waals surface area contributed by atoms with E-state index in [9.17, 15) is 4.39 Å². The Morgan fingerprint density at radius 2 is 1.70 bits per heavy atom. The highest BCUT2D eigenvalue weighted by Gasteiger charge is 2.23. The smallest absolute Gasteiger partial charge is 0.123 e. The standard InChI is InChI=1S/C23H16FN3/c24-19-6-4-15(5-7-19)22-13-20(23(27-22)16-8-10-25-11-9-16)18-12-17-2-1-3-21(17)26-14-18/h1-2,4-12,14H,3,13H2. The first-order chi connectivity index (χ1) is 13.3. The summed E-state index contributed by atoms with van der Waals surface area (Å²) in [6.07, 6.45) is 11.3. The van der Waals surface area contributed by atoms with E-state index in [1.807, 2.05) is 18.3 Å². The number of aromatic nitrogens is 2. The zero-order valence-corrected chi connectivity index (χ0v) is 14.6. The van der Waals surface area contributed by atoms with Crippen molar-refractivity contribution < 1.29 is 4.39 Å².